The molecule has 9 heteroatoms. The quantitative estimate of drug-likeness (QED) is 0.506. The average molecular weight is 470 g/mol. The van der Waals surface area contributed by atoms with Crippen molar-refractivity contribution in [3.63, 3.8) is 0 Å². The number of nitrogens with one attached hydrogen (secondary N) is 1. The molecule has 166 valence electrons. The van der Waals surface area contributed by atoms with E-state index in [1.54, 1.807) is 6.20 Å². The number of thioether (sulfide) groups is 1. The van der Waals surface area contributed by atoms with Gasteiger partial charge in [0.25, 0.3) is 0 Å². The summed E-state index contributed by atoms with van der Waals surface area (Å²) in [6.45, 7) is 5.26. The second-order valence-electron chi connectivity index (χ2n) is 7.68. The van der Waals surface area contributed by atoms with Crippen LogP contribution in [0.15, 0.2) is 41.8 Å². The Bertz CT molecular complexity index is 1160. The van der Waals surface area contributed by atoms with Gasteiger partial charge in [-0.15, -0.1) is 0 Å². The lowest BCUT2D eigenvalue weighted by Crippen LogP contribution is -2.22. The topological polar surface area (TPSA) is 84.9 Å². The van der Waals surface area contributed by atoms with E-state index in [-0.39, 0.29) is 17.8 Å². The van der Waals surface area contributed by atoms with Crippen molar-refractivity contribution in [2.24, 2.45) is 0 Å². The smallest absolute Gasteiger partial charge is 0.235 e. The summed E-state index contributed by atoms with van der Waals surface area (Å²) in [4.78, 5) is 17.2. The molecule has 3 aromatic rings. The molecule has 0 aliphatic carbocycles. The molecule has 0 saturated carbocycles. The maximum Gasteiger partial charge on any atom is 0.235 e. The Balaban J connectivity index is 1.48. The van der Waals surface area contributed by atoms with E-state index in [1.807, 2.05) is 53.4 Å². The molecule has 2 aromatic heterocycles. The van der Waals surface area contributed by atoms with Gasteiger partial charge in [0, 0.05) is 35.4 Å². The summed E-state index contributed by atoms with van der Waals surface area (Å²) < 4.78 is 9.68. The molecule has 32 heavy (non-hydrogen) atoms. The number of ether oxygens (including phenoxy) is 1. The van der Waals surface area contributed by atoms with Gasteiger partial charge in [0.05, 0.1) is 24.0 Å². The number of aromatic nitrogens is 3. The average Bonchev–Trinajstić information content (AvgIpc) is 3.51. The summed E-state index contributed by atoms with van der Waals surface area (Å²) >= 11 is 7.31. The summed E-state index contributed by atoms with van der Waals surface area (Å²) in [6, 6.07) is 9.68. The highest BCUT2D eigenvalue weighted by Crippen LogP contribution is 2.29. The lowest BCUT2D eigenvalue weighted by molar-refractivity contribution is -0.113. The van der Waals surface area contributed by atoms with E-state index in [0.717, 1.165) is 36.4 Å². The molecule has 7 nitrogen and oxygen atoms in total. The zero-order valence-electron chi connectivity index (χ0n) is 18.0. The van der Waals surface area contributed by atoms with Gasteiger partial charge >= 0.3 is 0 Å². The number of amides is 1. The molecule has 4 rings (SSSR count). The Morgan fingerprint density at radius 1 is 1.38 bits per heavy atom. The number of hydrogen-bond acceptors (Lipinski definition) is 5. The van der Waals surface area contributed by atoms with Crippen LogP contribution in [0.25, 0.3) is 5.69 Å². The van der Waals surface area contributed by atoms with Gasteiger partial charge in [0.1, 0.15) is 11.9 Å². The molecule has 3 heterocycles. The van der Waals surface area contributed by atoms with Crippen LogP contribution in [-0.4, -0.2) is 38.5 Å². The zero-order chi connectivity index (χ0) is 22.7. The van der Waals surface area contributed by atoms with E-state index >= 15 is 0 Å². The van der Waals surface area contributed by atoms with Gasteiger partial charge in [-0.25, -0.2) is 4.98 Å². The van der Waals surface area contributed by atoms with Crippen LogP contribution in [0.5, 0.6) is 0 Å². The Morgan fingerprint density at radius 3 is 2.84 bits per heavy atom. The maximum absolute atomic E-state index is 12.8. The lowest BCUT2D eigenvalue weighted by atomic mass is 10.2. The summed E-state index contributed by atoms with van der Waals surface area (Å²) in [5.74, 6) is 0.520. The van der Waals surface area contributed by atoms with Crippen molar-refractivity contribution < 1.29 is 9.53 Å². The van der Waals surface area contributed by atoms with Gasteiger partial charge in [0.2, 0.25) is 5.91 Å². The Hall–Kier alpha value is -2.73. The van der Waals surface area contributed by atoms with Crippen molar-refractivity contribution in [3.8, 4) is 11.8 Å². The van der Waals surface area contributed by atoms with Gasteiger partial charge in [-0.3, -0.25) is 9.36 Å². The van der Waals surface area contributed by atoms with Crippen molar-refractivity contribution in [2.75, 3.05) is 17.7 Å². The lowest BCUT2D eigenvalue weighted by Gasteiger charge is -2.17. The number of rotatable bonds is 7. The van der Waals surface area contributed by atoms with Gasteiger partial charge in [0.15, 0.2) is 5.16 Å². The minimum Gasteiger partial charge on any atom is -0.376 e. The number of carbonyl (C=O) groups is 1. The van der Waals surface area contributed by atoms with Crippen molar-refractivity contribution >= 4 is 35.1 Å². The Labute approximate surface area is 196 Å². The van der Waals surface area contributed by atoms with E-state index in [1.165, 1.54) is 11.8 Å². The number of nitriles is 1. The fourth-order valence-electron chi connectivity index (χ4n) is 3.84. The van der Waals surface area contributed by atoms with E-state index in [4.69, 9.17) is 16.3 Å². The van der Waals surface area contributed by atoms with Crippen molar-refractivity contribution in [3.05, 3.63) is 58.5 Å². The van der Waals surface area contributed by atoms with Crippen LogP contribution in [0.2, 0.25) is 5.02 Å². The first-order chi connectivity index (χ1) is 15.5. The summed E-state index contributed by atoms with van der Waals surface area (Å²) in [5, 5.41) is 14.0. The third kappa shape index (κ3) is 4.70. The molecule has 1 atom stereocenters. The number of hydrogen-bond donors (Lipinski definition) is 1. The highest BCUT2D eigenvalue weighted by Gasteiger charge is 2.24. The van der Waals surface area contributed by atoms with Gasteiger partial charge in [-0.1, -0.05) is 23.4 Å². The molecule has 0 bridgehead atoms. The number of nitrogens with zero attached hydrogens (tertiary/aromatic N) is 4. The van der Waals surface area contributed by atoms with Crippen molar-refractivity contribution in [1.82, 2.24) is 14.1 Å². The first-order valence-electron chi connectivity index (χ1n) is 10.4. The predicted octanol–water partition coefficient (Wildman–Crippen LogP) is 4.73. The molecule has 0 spiro atoms. The van der Waals surface area contributed by atoms with Crippen LogP contribution < -0.4 is 5.32 Å². The third-order valence-electron chi connectivity index (χ3n) is 5.65. The molecule has 0 radical (unpaired) electrons. The van der Waals surface area contributed by atoms with Crippen LogP contribution in [0.3, 0.4) is 0 Å². The molecular weight excluding hydrogens is 446 g/mol. The molecule has 1 aliphatic rings. The molecule has 1 N–H and O–H groups in total. The SMILES string of the molecule is Cc1c(C#N)c(NC(=O)CSc2nccn2-c2ccc(Cl)cc2)n(C[C@@H]2CCCO2)c1C. The number of imidazole rings is 1. The number of carbonyl (C=O) groups excluding carboxylic acids is 1. The van der Waals surface area contributed by atoms with E-state index in [0.29, 0.717) is 28.1 Å². The third-order valence-corrected chi connectivity index (χ3v) is 6.87. The Kier molecular flexibility index (Phi) is 6.89. The van der Waals surface area contributed by atoms with Crippen LogP contribution in [0, 0.1) is 25.2 Å². The Morgan fingerprint density at radius 2 is 2.16 bits per heavy atom. The molecule has 1 amide bonds. The second kappa shape index (κ2) is 9.82. The van der Waals surface area contributed by atoms with Crippen LogP contribution in [-0.2, 0) is 16.1 Å². The zero-order valence-corrected chi connectivity index (χ0v) is 19.5. The summed E-state index contributed by atoms with van der Waals surface area (Å²) in [6.07, 6.45) is 5.66. The highest BCUT2D eigenvalue weighted by atomic mass is 35.5. The number of anilines is 1. The number of benzene rings is 1. The normalized spacial score (nSPS) is 15.6. The van der Waals surface area contributed by atoms with Crippen molar-refractivity contribution in [2.45, 2.75) is 44.5 Å². The molecular formula is C23H24ClN5O2S. The molecule has 0 unspecified atom stereocenters. The second-order valence-corrected chi connectivity index (χ2v) is 9.06. The molecule has 1 aliphatic heterocycles. The van der Waals surface area contributed by atoms with E-state index < -0.39 is 0 Å². The molecule has 1 aromatic carbocycles. The maximum atomic E-state index is 12.8. The van der Waals surface area contributed by atoms with Crippen LogP contribution in [0.1, 0.15) is 29.7 Å². The minimum atomic E-state index is -0.191. The fraction of sp³-hybridized carbons (Fsp3) is 0.348. The van der Waals surface area contributed by atoms with Crippen molar-refractivity contribution in [1.29, 1.82) is 5.26 Å². The van der Waals surface area contributed by atoms with Crippen LogP contribution >= 0.6 is 23.4 Å². The fourth-order valence-corrected chi connectivity index (χ4v) is 4.74. The summed E-state index contributed by atoms with van der Waals surface area (Å²) in [5.41, 5.74) is 3.27. The monoisotopic (exact) mass is 469 g/mol. The van der Waals surface area contributed by atoms with E-state index in [2.05, 4.69) is 16.4 Å². The standard InChI is InChI=1S/C23H24ClN5O2S/c1-15-16(2)29(13-19-4-3-11-31-19)22(20(15)12-25)27-21(30)14-32-23-26-9-10-28(23)18-7-5-17(24)6-8-18/h5-10,19H,3-4,11,13-14H2,1-2H3,(H,27,30)/t19-/m0/s1. The molecule has 1 fully saturated rings. The van der Waals surface area contributed by atoms with E-state index in [9.17, 15) is 10.1 Å². The van der Waals surface area contributed by atoms with Crippen LogP contribution in [0.4, 0.5) is 5.82 Å². The highest BCUT2D eigenvalue weighted by molar-refractivity contribution is 7.99. The van der Waals surface area contributed by atoms with Gasteiger partial charge in [-0.2, -0.15) is 5.26 Å². The number of halogens is 1. The largest absolute Gasteiger partial charge is 0.376 e. The van der Waals surface area contributed by atoms with Gasteiger partial charge in [-0.05, 0) is 56.5 Å². The summed E-state index contributed by atoms with van der Waals surface area (Å²) in [7, 11) is 0. The first kappa shape index (κ1) is 22.5. The molecule has 1 saturated heterocycles. The van der Waals surface area contributed by atoms with Gasteiger partial charge < -0.3 is 14.6 Å². The first-order valence-corrected chi connectivity index (χ1v) is 11.8. The predicted molar refractivity (Wildman–Crippen MR) is 126 cm³/mol. The minimum absolute atomic E-state index is 0.101.